The van der Waals surface area contributed by atoms with Gasteiger partial charge in [0.25, 0.3) is 5.85 Å². The maximum Gasteiger partial charge on any atom is 0.266 e. The third-order valence-electron chi connectivity index (χ3n) is 5.55. The molecule has 0 N–H and O–H groups in total. The second kappa shape index (κ2) is 6.67. The molecule has 4 rings (SSSR count). The van der Waals surface area contributed by atoms with Gasteiger partial charge in [0.15, 0.2) is 6.01 Å². The quantitative estimate of drug-likeness (QED) is 0.627. The van der Waals surface area contributed by atoms with E-state index in [0.717, 1.165) is 32.1 Å². The molecule has 1 saturated carbocycles. The molecule has 2 unspecified atom stereocenters. The van der Waals surface area contributed by atoms with Crippen molar-refractivity contribution in [3.05, 3.63) is 71.1 Å². The molecule has 0 aliphatic heterocycles. The van der Waals surface area contributed by atoms with E-state index in [9.17, 15) is 26.0 Å². The molecule has 0 aromatic heterocycles. The molecule has 0 amide bonds. The molecule has 29 heavy (non-hydrogen) atoms. The van der Waals surface area contributed by atoms with Crippen molar-refractivity contribution in [3.8, 4) is 0 Å². The average molecular weight is 426 g/mol. The zero-order valence-corrected chi connectivity index (χ0v) is 16.3. The zero-order chi connectivity index (χ0) is 21.0. The van der Waals surface area contributed by atoms with E-state index in [1.165, 1.54) is 24.3 Å². The van der Waals surface area contributed by atoms with Crippen LogP contribution in [0.25, 0.3) is 5.57 Å². The lowest BCUT2D eigenvalue weighted by Crippen LogP contribution is -2.37. The molecular weight excluding hydrogens is 408 g/mol. The van der Waals surface area contributed by atoms with Crippen LogP contribution in [0.1, 0.15) is 18.4 Å². The first-order chi connectivity index (χ1) is 13.6. The number of halogens is 4. The minimum atomic E-state index is -4.00. The Kier molecular flexibility index (Phi) is 4.62. The summed E-state index contributed by atoms with van der Waals surface area (Å²) in [6, 6.07) is 4.04. The Balaban J connectivity index is 1.74. The van der Waals surface area contributed by atoms with Gasteiger partial charge in [-0.3, -0.25) is 0 Å². The first-order valence-electron chi connectivity index (χ1n) is 8.97. The van der Waals surface area contributed by atoms with E-state index in [1.807, 2.05) is 12.2 Å². The van der Waals surface area contributed by atoms with Gasteiger partial charge in [0, 0.05) is 18.1 Å². The summed E-state index contributed by atoms with van der Waals surface area (Å²) in [7, 11) is -3.04. The summed E-state index contributed by atoms with van der Waals surface area (Å²) in [5.74, 6) is -4.13. The van der Waals surface area contributed by atoms with Crippen molar-refractivity contribution in [2.75, 3.05) is 13.1 Å². The highest BCUT2D eigenvalue weighted by atomic mass is 32.2. The van der Waals surface area contributed by atoms with Crippen LogP contribution in [0.3, 0.4) is 0 Å². The van der Waals surface area contributed by atoms with Crippen molar-refractivity contribution < 1.29 is 30.7 Å². The van der Waals surface area contributed by atoms with Crippen molar-refractivity contribution in [2.45, 2.75) is 29.8 Å². The van der Waals surface area contributed by atoms with Gasteiger partial charge in [0.2, 0.25) is 16.0 Å². The van der Waals surface area contributed by atoms with Gasteiger partial charge in [0.1, 0.15) is 5.83 Å². The van der Waals surface area contributed by atoms with Gasteiger partial charge < -0.3 is 4.74 Å². The Hall–Kier alpha value is -2.19. The summed E-state index contributed by atoms with van der Waals surface area (Å²) in [6.07, 6.45) is 4.87. The molecular formula is C21H18F4O3S. The lowest BCUT2D eigenvalue weighted by Gasteiger charge is -2.28. The van der Waals surface area contributed by atoms with Crippen LogP contribution >= 0.6 is 0 Å². The van der Waals surface area contributed by atoms with E-state index in [2.05, 4.69) is 4.74 Å². The van der Waals surface area contributed by atoms with E-state index >= 15 is 0 Å². The maximum atomic E-state index is 14.7. The van der Waals surface area contributed by atoms with Crippen LogP contribution < -0.4 is 0 Å². The van der Waals surface area contributed by atoms with Crippen LogP contribution in [0.2, 0.25) is 0 Å². The Labute approximate surface area is 166 Å². The van der Waals surface area contributed by atoms with Crippen molar-refractivity contribution in [3.63, 3.8) is 0 Å². The standard InChI is InChI=1S/C21H18F4O3S/c1-28-21(25)7-6-15(18(23)19(21)24)17-11-20(8-9-20)10-16(17)13-2-4-14(5-3-13)29(26,27)12-22/h2-7,10-11,19H,8-9,12H2,1H3. The fraction of sp³-hybridized carbons (Fsp3) is 0.333. The van der Waals surface area contributed by atoms with Crippen molar-refractivity contribution >= 4 is 15.4 Å². The molecule has 2 atom stereocenters. The minimum absolute atomic E-state index is 0.0710. The number of alkyl halides is 3. The summed E-state index contributed by atoms with van der Waals surface area (Å²) in [5, 5.41) is 0. The van der Waals surface area contributed by atoms with Crippen LogP contribution in [0.4, 0.5) is 17.6 Å². The highest BCUT2D eigenvalue weighted by molar-refractivity contribution is 7.91. The molecule has 0 bridgehead atoms. The SMILES string of the molecule is COC1(F)C=CC(C2=CC3(C=C2c2ccc(S(=O)(=O)CF)cc2)CC3)=C(F)C1F. The van der Waals surface area contributed by atoms with Gasteiger partial charge in [-0.05, 0) is 53.8 Å². The van der Waals surface area contributed by atoms with Crippen LogP contribution in [-0.2, 0) is 14.6 Å². The van der Waals surface area contributed by atoms with Crippen molar-refractivity contribution in [1.82, 2.24) is 0 Å². The lowest BCUT2D eigenvalue weighted by atomic mass is 9.89. The number of sulfone groups is 1. The average Bonchev–Trinajstić information content (AvgIpc) is 3.37. The first-order valence-corrected chi connectivity index (χ1v) is 10.6. The number of ether oxygens (including phenoxy) is 1. The fourth-order valence-corrected chi connectivity index (χ4v) is 4.31. The van der Waals surface area contributed by atoms with Crippen LogP contribution in [0, 0.1) is 5.41 Å². The van der Waals surface area contributed by atoms with Crippen molar-refractivity contribution in [1.29, 1.82) is 0 Å². The van der Waals surface area contributed by atoms with E-state index in [1.54, 1.807) is 0 Å². The number of rotatable bonds is 5. The largest absolute Gasteiger partial charge is 0.343 e. The highest BCUT2D eigenvalue weighted by Gasteiger charge is 2.48. The second-order valence-electron chi connectivity index (χ2n) is 7.46. The van der Waals surface area contributed by atoms with Crippen LogP contribution in [0.5, 0.6) is 0 Å². The van der Waals surface area contributed by atoms with Crippen LogP contribution in [-0.4, -0.2) is 33.6 Å². The Morgan fingerprint density at radius 3 is 2.31 bits per heavy atom. The van der Waals surface area contributed by atoms with E-state index in [-0.39, 0.29) is 15.9 Å². The molecule has 0 saturated heterocycles. The van der Waals surface area contributed by atoms with Crippen LogP contribution in [0.15, 0.2) is 70.4 Å². The molecule has 1 fully saturated rings. The Bertz CT molecular complexity index is 1080. The summed E-state index contributed by atoms with van der Waals surface area (Å²) in [5.41, 5.74) is 1.26. The number of hydrogen-bond acceptors (Lipinski definition) is 3. The van der Waals surface area contributed by atoms with E-state index in [0.29, 0.717) is 16.7 Å². The number of hydrogen-bond donors (Lipinski definition) is 0. The second-order valence-corrected chi connectivity index (χ2v) is 9.38. The highest BCUT2D eigenvalue weighted by Crippen LogP contribution is 2.57. The molecule has 1 aromatic rings. The molecule has 8 heteroatoms. The molecule has 1 aromatic carbocycles. The molecule has 0 heterocycles. The molecule has 3 aliphatic carbocycles. The summed E-state index contributed by atoms with van der Waals surface area (Å²) < 4.78 is 83.9. The molecule has 0 radical (unpaired) electrons. The maximum absolute atomic E-state index is 14.7. The van der Waals surface area contributed by atoms with Gasteiger partial charge in [-0.15, -0.1) is 0 Å². The first kappa shape index (κ1) is 20.1. The lowest BCUT2D eigenvalue weighted by molar-refractivity contribution is -0.125. The monoisotopic (exact) mass is 426 g/mol. The smallest absolute Gasteiger partial charge is 0.266 e. The number of benzene rings is 1. The van der Waals surface area contributed by atoms with Gasteiger partial charge in [-0.1, -0.05) is 24.3 Å². The topological polar surface area (TPSA) is 43.4 Å². The third kappa shape index (κ3) is 3.28. The van der Waals surface area contributed by atoms with Gasteiger partial charge in [-0.2, -0.15) is 0 Å². The summed E-state index contributed by atoms with van der Waals surface area (Å²) >= 11 is 0. The molecule has 1 spiro atoms. The fourth-order valence-electron chi connectivity index (χ4n) is 3.63. The molecule has 3 aliphatic rings. The number of methoxy groups -OCH3 is 1. The van der Waals surface area contributed by atoms with Gasteiger partial charge in [-0.25, -0.2) is 26.0 Å². The van der Waals surface area contributed by atoms with Crippen molar-refractivity contribution in [2.24, 2.45) is 5.41 Å². The normalized spacial score (nSPS) is 28.0. The zero-order valence-electron chi connectivity index (χ0n) is 15.5. The third-order valence-corrected chi connectivity index (χ3v) is 6.83. The predicted molar refractivity (Wildman–Crippen MR) is 100 cm³/mol. The number of allylic oxidation sites excluding steroid dienone is 6. The van der Waals surface area contributed by atoms with E-state index < -0.39 is 33.7 Å². The Morgan fingerprint density at radius 2 is 1.76 bits per heavy atom. The molecule has 154 valence electrons. The molecule has 3 nitrogen and oxygen atoms in total. The minimum Gasteiger partial charge on any atom is -0.343 e. The van der Waals surface area contributed by atoms with E-state index in [4.69, 9.17) is 0 Å². The Morgan fingerprint density at radius 1 is 1.14 bits per heavy atom. The van der Waals surface area contributed by atoms with Gasteiger partial charge >= 0.3 is 0 Å². The summed E-state index contributed by atoms with van der Waals surface area (Å²) in [6.45, 7) is 0. The summed E-state index contributed by atoms with van der Waals surface area (Å²) in [4.78, 5) is -0.164. The van der Waals surface area contributed by atoms with Gasteiger partial charge in [0.05, 0.1) is 4.90 Å². The predicted octanol–water partition coefficient (Wildman–Crippen LogP) is 4.93.